The molecule has 2 aromatic carbocycles. The van der Waals surface area contributed by atoms with Gasteiger partial charge in [-0.05, 0) is 129 Å². The Morgan fingerprint density at radius 2 is 1.72 bits per heavy atom. The standard InChI is InChI=1S/C22H24FNO3.C14H9IN4O/c1-16-9-12-20(26-13-6-14-27-21(25)22(2,3)4)19(24-16)11-10-17-7-5-8-18(23)15-17;1-9-3-2-4-11(17-9)6-5-10-7-14(20)13(18-19-16)8-12(10)15/h5,7-9,12,15H,6,13-14H2,1-4H3;2-4,7-8,20H,1H3. The summed E-state index contributed by atoms with van der Waals surface area (Å²) in [6, 6.07) is 18.4. The number of esters is 1. The van der Waals surface area contributed by atoms with Crippen LogP contribution in [0, 0.1) is 52.3 Å². The van der Waals surface area contributed by atoms with Crippen molar-refractivity contribution in [2.45, 2.75) is 41.0 Å². The Kier molecular flexibility index (Phi) is 13.6. The number of benzene rings is 2. The van der Waals surface area contributed by atoms with Crippen molar-refractivity contribution in [2.24, 2.45) is 10.5 Å². The number of carbonyl (C=O) groups excluding carboxylic acids is 1. The number of aromatic nitrogens is 2. The fourth-order valence-electron chi connectivity index (χ4n) is 3.59. The van der Waals surface area contributed by atoms with Gasteiger partial charge in [-0.25, -0.2) is 14.4 Å². The molecule has 0 unspecified atom stereocenters. The Morgan fingerprint density at radius 1 is 0.979 bits per heavy atom. The monoisotopic (exact) mass is 745 g/mol. The quantitative estimate of drug-likeness (QED) is 0.0402. The first-order valence-electron chi connectivity index (χ1n) is 14.4. The Labute approximate surface area is 287 Å². The summed E-state index contributed by atoms with van der Waals surface area (Å²) in [5.41, 5.74) is 12.2. The molecular formula is C36H33FIN5O4. The first-order valence-corrected chi connectivity index (χ1v) is 15.5. The van der Waals surface area contributed by atoms with Gasteiger partial charge in [0.15, 0.2) is 11.4 Å². The zero-order valence-electron chi connectivity index (χ0n) is 26.6. The van der Waals surface area contributed by atoms with Crippen molar-refractivity contribution < 1.29 is 23.8 Å². The summed E-state index contributed by atoms with van der Waals surface area (Å²) in [6.45, 7) is 9.86. The van der Waals surface area contributed by atoms with E-state index in [-0.39, 0.29) is 23.2 Å². The number of ether oxygens (including phenoxy) is 2. The maximum absolute atomic E-state index is 13.3. The lowest BCUT2D eigenvalue weighted by atomic mass is 9.97. The van der Waals surface area contributed by atoms with Crippen LogP contribution in [0.15, 0.2) is 71.8 Å². The number of pyridine rings is 2. The molecule has 0 saturated carbocycles. The van der Waals surface area contributed by atoms with Gasteiger partial charge in [0, 0.05) is 37.4 Å². The summed E-state index contributed by atoms with van der Waals surface area (Å²) in [4.78, 5) is 23.0. The number of nitrogens with zero attached hydrogens (tertiary/aromatic N) is 5. The first kappa shape index (κ1) is 36.4. The molecule has 0 bridgehead atoms. The zero-order valence-corrected chi connectivity index (χ0v) is 28.8. The van der Waals surface area contributed by atoms with Gasteiger partial charge in [0.1, 0.15) is 17.3 Å². The van der Waals surface area contributed by atoms with Crippen molar-refractivity contribution in [2.75, 3.05) is 13.2 Å². The third-order valence-corrected chi connectivity index (χ3v) is 6.86. The van der Waals surface area contributed by atoms with E-state index in [1.165, 1.54) is 18.2 Å². The van der Waals surface area contributed by atoms with E-state index < -0.39 is 5.41 Å². The summed E-state index contributed by atoms with van der Waals surface area (Å²) < 4.78 is 25.0. The number of phenols is 1. The van der Waals surface area contributed by atoms with Crippen molar-refractivity contribution >= 4 is 34.2 Å². The predicted molar refractivity (Wildman–Crippen MR) is 186 cm³/mol. The SMILES string of the molecule is Cc1ccc(OCCCOC(=O)C(C)(C)C)c(C#Cc2cccc(F)c2)n1.Cc1cccc(C#Cc2cc(O)c(N=[N+]=[N-])cc2I)n1. The molecule has 0 atom stereocenters. The van der Waals surface area contributed by atoms with Crippen LogP contribution >= 0.6 is 22.6 Å². The molecule has 4 rings (SSSR count). The molecule has 9 nitrogen and oxygen atoms in total. The fourth-order valence-corrected chi connectivity index (χ4v) is 4.17. The van der Waals surface area contributed by atoms with Gasteiger partial charge in [-0.1, -0.05) is 29.1 Å². The van der Waals surface area contributed by atoms with E-state index in [9.17, 15) is 14.3 Å². The van der Waals surface area contributed by atoms with Gasteiger partial charge in [-0.3, -0.25) is 4.79 Å². The largest absolute Gasteiger partial charge is 0.507 e. The third-order valence-electron chi connectivity index (χ3n) is 5.97. The average molecular weight is 746 g/mol. The smallest absolute Gasteiger partial charge is 0.311 e. The molecule has 2 aromatic heterocycles. The van der Waals surface area contributed by atoms with Crippen LogP contribution in [0.2, 0.25) is 0 Å². The van der Waals surface area contributed by atoms with Crippen molar-refractivity contribution in [1.29, 1.82) is 0 Å². The van der Waals surface area contributed by atoms with Gasteiger partial charge >= 0.3 is 5.97 Å². The molecule has 0 saturated heterocycles. The van der Waals surface area contributed by atoms with Crippen molar-refractivity contribution in [3.05, 3.63) is 120 Å². The number of aryl methyl sites for hydroxylation is 2. The highest BCUT2D eigenvalue weighted by Crippen LogP contribution is 2.30. The third kappa shape index (κ3) is 12.3. The minimum absolute atomic E-state index is 0.0929. The summed E-state index contributed by atoms with van der Waals surface area (Å²) >= 11 is 2.07. The Morgan fingerprint density at radius 3 is 2.43 bits per heavy atom. The van der Waals surface area contributed by atoms with E-state index in [1.54, 1.807) is 24.3 Å². The molecule has 0 aliphatic heterocycles. The van der Waals surface area contributed by atoms with E-state index in [2.05, 4.69) is 66.3 Å². The lowest BCUT2D eigenvalue weighted by Crippen LogP contribution is -2.23. The topological polar surface area (TPSA) is 130 Å². The first-order chi connectivity index (χ1) is 22.3. The van der Waals surface area contributed by atoms with Gasteiger partial charge in [-0.15, -0.1) is 0 Å². The Bertz CT molecular complexity index is 1910. The molecule has 0 radical (unpaired) electrons. The van der Waals surface area contributed by atoms with Crippen LogP contribution in [0.5, 0.6) is 11.5 Å². The van der Waals surface area contributed by atoms with Crippen LogP contribution in [-0.2, 0) is 9.53 Å². The minimum Gasteiger partial charge on any atom is -0.507 e. The number of hydrogen-bond acceptors (Lipinski definition) is 7. The van der Waals surface area contributed by atoms with Crippen molar-refractivity contribution in [3.63, 3.8) is 0 Å². The van der Waals surface area contributed by atoms with Crippen LogP contribution in [-0.4, -0.2) is 34.3 Å². The highest BCUT2D eigenvalue weighted by Gasteiger charge is 2.22. The summed E-state index contributed by atoms with van der Waals surface area (Å²) in [7, 11) is 0. The van der Waals surface area contributed by atoms with Crippen LogP contribution in [0.25, 0.3) is 10.4 Å². The number of hydrogen-bond donors (Lipinski definition) is 1. The number of phenolic OH excluding ortho intramolecular Hbond substituents is 1. The molecule has 0 aliphatic rings. The van der Waals surface area contributed by atoms with Gasteiger partial charge in [0.05, 0.1) is 24.3 Å². The molecule has 0 amide bonds. The number of halogens is 2. The summed E-state index contributed by atoms with van der Waals surface area (Å²) in [6.07, 6.45) is 0.562. The van der Waals surface area contributed by atoms with E-state index >= 15 is 0 Å². The van der Waals surface area contributed by atoms with Gasteiger partial charge in [0.25, 0.3) is 0 Å². The Balaban J connectivity index is 0.000000267. The normalized spacial score (nSPS) is 10.1. The Hall–Kier alpha value is -5.10. The van der Waals surface area contributed by atoms with E-state index in [4.69, 9.17) is 15.0 Å². The molecule has 0 aliphatic carbocycles. The highest BCUT2D eigenvalue weighted by molar-refractivity contribution is 14.1. The molecule has 240 valence electrons. The van der Waals surface area contributed by atoms with E-state index in [0.717, 1.165) is 15.0 Å². The number of azide groups is 1. The van der Waals surface area contributed by atoms with Crippen molar-refractivity contribution in [1.82, 2.24) is 9.97 Å². The zero-order chi connectivity index (χ0) is 34.4. The lowest BCUT2D eigenvalue weighted by molar-refractivity contribution is -0.153. The van der Waals surface area contributed by atoms with Gasteiger partial charge in [0.2, 0.25) is 0 Å². The van der Waals surface area contributed by atoms with Crippen LogP contribution in [0.4, 0.5) is 10.1 Å². The number of rotatable bonds is 6. The average Bonchev–Trinajstić information content (AvgIpc) is 3.01. The molecule has 0 fully saturated rings. The lowest BCUT2D eigenvalue weighted by Gasteiger charge is -2.16. The summed E-state index contributed by atoms with van der Waals surface area (Å²) in [5.74, 6) is 11.6. The molecule has 11 heteroatoms. The molecule has 4 aromatic rings. The molecule has 0 spiro atoms. The number of carbonyl (C=O) groups is 1. The molecule has 47 heavy (non-hydrogen) atoms. The van der Waals surface area contributed by atoms with Crippen LogP contribution in [0.1, 0.15) is 61.1 Å². The minimum atomic E-state index is -0.512. The van der Waals surface area contributed by atoms with Crippen LogP contribution in [0.3, 0.4) is 0 Å². The van der Waals surface area contributed by atoms with Gasteiger partial charge < -0.3 is 14.6 Å². The maximum Gasteiger partial charge on any atom is 0.311 e. The molecule has 2 heterocycles. The molecule has 1 N–H and O–H groups in total. The summed E-state index contributed by atoms with van der Waals surface area (Å²) in [5, 5.41) is 13.1. The predicted octanol–water partition coefficient (Wildman–Crippen LogP) is 8.33. The van der Waals surface area contributed by atoms with Crippen molar-refractivity contribution in [3.8, 4) is 35.2 Å². The second-order valence-electron chi connectivity index (χ2n) is 11.1. The second kappa shape index (κ2) is 17.6. The second-order valence-corrected chi connectivity index (χ2v) is 12.2. The molecular weight excluding hydrogens is 712 g/mol. The highest BCUT2D eigenvalue weighted by atomic mass is 127. The maximum atomic E-state index is 13.3. The fraction of sp³-hybridized carbons (Fsp3) is 0.250. The van der Waals surface area contributed by atoms with E-state index in [0.29, 0.717) is 47.9 Å². The van der Waals surface area contributed by atoms with Gasteiger partial charge in [-0.2, -0.15) is 0 Å². The van der Waals surface area contributed by atoms with Crippen LogP contribution < -0.4 is 4.74 Å². The van der Waals surface area contributed by atoms with E-state index in [1.807, 2.05) is 58.9 Å². The number of aromatic hydroxyl groups is 1.